The second kappa shape index (κ2) is 7.81. The number of nitrogens with zero attached hydrogens (tertiary/aromatic N) is 2. The number of nitro groups is 1. The van der Waals surface area contributed by atoms with Crippen LogP contribution in [0.1, 0.15) is 5.56 Å². The molecule has 0 saturated heterocycles. The molecule has 1 amide bonds. The van der Waals surface area contributed by atoms with E-state index in [1.54, 1.807) is 6.92 Å². The van der Waals surface area contributed by atoms with Gasteiger partial charge in [-0.1, -0.05) is 17.7 Å². The van der Waals surface area contributed by atoms with Crippen molar-refractivity contribution in [2.24, 2.45) is 0 Å². The minimum atomic E-state index is -3.87. The number of aryl methyl sites for hydroxylation is 1. The second-order valence-electron chi connectivity index (χ2n) is 5.52. The van der Waals surface area contributed by atoms with E-state index in [9.17, 15) is 23.3 Å². The van der Waals surface area contributed by atoms with Crippen LogP contribution in [-0.2, 0) is 14.8 Å². The number of carbonyl (C=O) groups is 1. The van der Waals surface area contributed by atoms with E-state index >= 15 is 0 Å². The highest BCUT2D eigenvalue weighted by Crippen LogP contribution is 2.22. The van der Waals surface area contributed by atoms with Gasteiger partial charge in [0.15, 0.2) is 0 Å². The number of likely N-dealkylation sites (N-methyl/N-ethyl adjacent to an activating group) is 1. The first kappa shape index (κ1) is 19.8. The van der Waals surface area contributed by atoms with Gasteiger partial charge in [0.1, 0.15) is 0 Å². The van der Waals surface area contributed by atoms with Crippen LogP contribution in [0.15, 0.2) is 47.4 Å². The molecule has 2 aromatic rings. The van der Waals surface area contributed by atoms with E-state index in [-0.39, 0.29) is 16.3 Å². The average molecular weight is 398 g/mol. The van der Waals surface area contributed by atoms with Crippen LogP contribution in [0, 0.1) is 17.0 Å². The molecule has 26 heavy (non-hydrogen) atoms. The van der Waals surface area contributed by atoms with Crippen molar-refractivity contribution in [1.29, 1.82) is 0 Å². The van der Waals surface area contributed by atoms with Gasteiger partial charge in [0.25, 0.3) is 5.69 Å². The van der Waals surface area contributed by atoms with Crippen molar-refractivity contribution < 1.29 is 18.1 Å². The molecule has 0 spiro atoms. The number of hydrogen-bond donors (Lipinski definition) is 1. The lowest BCUT2D eigenvalue weighted by atomic mass is 10.2. The van der Waals surface area contributed by atoms with Gasteiger partial charge in [0.05, 0.1) is 22.1 Å². The molecular formula is C16H16ClN3O5S. The van der Waals surface area contributed by atoms with Crippen molar-refractivity contribution >= 4 is 38.9 Å². The molecule has 0 radical (unpaired) electrons. The summed E-state index contributed by atoms with van der Waals surface area (Å²) in [5.41, 5.74) is 0.696. The van der Waals surface area contributed by atoms with Crippen molar-refractivity contribution in [3.63, 3.8) is 0 Å². The number of benzene rings is 2. The topological polar surface area (TPSA) is 110 Å². The SMILES string of the molecule is Cc1ccc([N+](=O)[O-])cc1NC(=O)CN(C)S(=O)(=O)c1ccc(Cl)cc1. The summed E-state index contributed by atoms with van der Waals surface area (Å²) in [7, 11) is -2.60. The third-order valence-electron chi connectivity index (χ3n) is 3.59. The van der Waals surface area contributed by atoms with E-state index in [1.165, 1.54) is 49.5 Å². The third kappa shape index (κ3) is 4.57. The molecule has 2 aromatic carbocycles. The van der Waals surface area contributed by atoms with Crippen LogP contribution in [-0.4, -0.2) is 37.1 Å². The van der Waals surface area contributed by atoms with E-state index in [1.807, 2.05) is 0 Å². The lowest BCUT2D eigenvalue weighted by Crippen LogP contribution is -2.35. The van der Waals surface area contributed by atoms with Gasteiger partial charge in [-0.25, -0.2) is 8.42 Å². The minimum absolute atomic E-state index is 0.00345. The number of halogens is 1. The van der Waals surface area contributed by atoms with Crippen molar-refractivity contribution in [2.45, 2.75) is 11.8 Å². The molecule has 0 heterocycles. The minimum Gasteiger partial charge on any atom is -0.324 e. The number of anilines is 1. The van der Waals surface area contributed by atoms with E-state index in [0.29, 0.717) is 10.6 Å². The molecule has 10 heteroatoms. The van der Waals surface area contributed by atoms with Crippen molar-refractivity contribution in [2.75, 3.05) is 18.9 Å². The standard InChI is InChI=1S/C16H16ClN3O5S/c1-11-3-6-13(20(22)23)9-15(11)18-16(21)10-19(2)26(24,25)14-7-4-12(17)5-8-14/h3-9H,10H2,1-2H3,(H,18,21). The van der Waals surface area contributed by atoms with Crippen molar-refractivity contribution in [3.8, 4) is 0 Å². The Morgan fingerprint density at radius 2 is 1.85 bits per heavy atom. The van der Waals surface area contributed by atoms with Gasteiger partial charge in [-0.2, -0.15) is 4.31 Å². The zero-order chi connectivity index (χ0) is 19.5. The van der Waals surface area contributed by atoms with Crippen LogP contribution in [0.2, 0.25) is 5.02 Å². The summed E-state index contributed by atoms with van der Waals surface area (Å²) in [6.07, 6.45) is 0. The van der Waals surface area contributed by atoms with Crippen LogP contribution >= 0.6 is 11.6 Å². The maximum absolute atomic E-state index is 12.5. The van der Waals surface area contributed by atoms with Gasteiger partial charge in [-0.3, -0.25) is 14.9 Å². The Hall–Kier alpha value is -2.49. The van der Waals surface area contributed by atoms with E-state index < -0.39 is 27.4 Å². The smallest absolute Gasteiger partial charge is 0.271 e. The Morgan fingerprint density at radius 1 is 1.23 bits per heavy atom. The number of hydrogen-bond acceptors (Lipinski definition) is 5. The Labute approximate surface area is 155 Å². The van der Waals surface area contributed by atoms with E-state index in [0.717, 1.165) is 4.31 Å². The summed E-state index contributed by atoms with van der Waals surface area (Å²) < 4.78 is 25.8. The number of rotatable bonds is 6. The zero-order valence-corrected chi connectivity index (χ0v) is 15.5. The fraction of sp³-hybridized carbons (Fsp3) is 0.188. The molecule has 1 N–H and O–H groups in total. The first-order chi connectivity index (χ1) is 12.1. The highest BCUT2D eigenvalue weighted by molar-refractivity contribution is 7.89. The molecule has 2 rings (SSSR count). The molecule has 0 bridgehead atoms. The Balaban J connectivity index is 2.13. The summed E-state index contributed by atoms with van der Waals surface area (Å²) in [4.78, 5) is 22.4. The van der Waals surface area contributed by atoms with Crippen molar-refractivity contribution in [1.82, 2.24) is 4.31 Å². The fourth-order valence-electron chi connectivity index (χ4n) is 2.12. The van der Waals surface area contributed by atoms with Gasteiger partial charge in [-0.15, -0.1) is 0 Å². The van der Waals surface area contributed by atoms with Crippen LogP contribution in [0.25, 0.3) is 0 Å². The molecule has 0 atom stereocenters. The first-order valence-corrected chi connectivity index (χ1v) is 9.20. The lowest BCUT2D eigenvalue weighted by Gasteiger charge is -2.17. The number of nitro benzene ring substituents is 1. The lowest BCUT2D eigenvalue weighted by molar-refractivity contribution is -0.384. The molecule has 0 aliphatic rings. The summed E-state index contributed by atoms with van der Waals surface area (Å²) in [5.74, 6) is -0.617. The molecule has 0 aliphatic carbocycles. The Kier molecular flexibility index (Phi) is 5.96. The molecule has 138 valence electrons. The largest absolute Gasteiger partial charge is 0.324 e. The number of carbonyl (C=O) groups excluding carboxylic acids is 1. The van der Waals surface area contributed by atoms with Gasteiger partial charge < -0.3 is 5.32 Å². The summed E-state index contributed by atoms with van der Waals surface area (Å²) in [5, 5.41) is 13.7. The first-order valence-electron chi connectivity index (χ1n) is 7.38. The molecule has 0 saturated carbocycles. The summed E-state index contributed by atoms with van der Waals surface area (Å²) in [6.45, 7) is 1.22. The van der Waals surface area contributed by atoms with E-state index in [4.69, 9.17) is 11.6 Å². The van der Waals surface area contributed by atoms with Gasteiger partial charge in [0.2, 0.25) is 15.9 Å². The number of amides is 1. The maximum Gasteiger partial charge on any atom is 0.271 e. The highest BCUT2D eigenvalue weighted by Gasteiger charge is 2.23. The normalized spacial score (nSPS) is 11.4. The van der Waals surface area contributed by atoms with Gasteiger partial charge >= 0.3 is 0 Å². The third-order valence-corrected chi connectivity index (χ3v) is 5.66. The van der Waals surface area contributed by atoms with Crippen LogP contribution in [0.5, 0.6) is 0 Å². The second-order valence-corrected chi connectivity index (χ2v) is 8.00. The summed E-state index contributed by atoms with van der Waals surface area (Å²) >= 11 is 5.75. The van der Waals surface area contributed by atoms with Crippen molar-refractivity contribution in [3.05, 3.63) is 63.2 Å². The Bertz CT molecular complexity index is 945. The highest BCUT2D eigenvalue weighted by atomic mass is 35.5. The molecular weight excluding hydrogens is 382 g/mol. The number of non-ortho nitro benzene ring substituents is 1. The average Bonchev–Trinajstić information content (AvgIpc) is 2.56. The number of sulfonamides is 1. The predicted molar refractivity (Wildman–Crippen MR) is 97.7 cm³/mol. The maximum atomic E-state index is 12.5. The van der Waals surface area contributed by atoms with E-state index in [2.05, 4.69) is 5.32 Å². The fourth-order valence-corrected chi connectivity index (χ4v) is 3.37. The predicted octanol–water partition coefficient (Wildman–Crippen LogP) is 2.82. The van der Waals surface area contributed by atoms with Crippen LogP contribution < -0.4 is 5.32 Å². The van der Waals surface area contributed by atoms with Gasteiger partial charge in [0, 0.05) is 24.2 Å². The molecule has 8 nitrogen and oxygen atoms in total. The molecule has 0 fully saturated rings. The molecule has 0 aliphatic heterocycles. The number of nitrogens with one attached hydrogen (secondary N) is 1. The van der Waals surface area contributed by atoms with Crippen LogP contribution in [0.3, 0.4) is 0 Å². The van der Waals surface area contributed by atoms with Gasteiger partial charge in [-0.05, 0) is 36.8 Å². The van der Waals surface area contributed by atoms with Crippen LogP contribution in [0.4, 0.5) is 11.4 Å². The monoisotopic (exact) mass is 397 g/mol. The zero-order valence-electron chi connectivity index (χ0n) is 14.0. The quantitative estimate of drug-likeness (QED) is 0.595. The molecule has 0 unspecified atom stereocenters. The summed E-state index contributed by atoms with van der Waals surface area (Å²) in [6, 6.07) is 9.61. The molecule has 0 aromatic heterocycles. The Morgan fingerprint density at radius 3 is 2.42 bits per heavy atom.